The number of hydrogen-bond acceptors (Lipinski definition) is 5. The Balaban J connectivity index is 2.63. The monoisotopic (exact) mass is 461 g/mol. The van der Waals surface area contributed by atoms with Crippen LogP contribution in [0.1, 0.15) is 32.9 Å². The van der Waals surface area contributed by atoms with E-state index in [4.69, 9.17) is 4.74 Å². The maximum absolute atomic E-state index is 13.3. The fraction of sp³-hybridized carbons (Fsp3) is 0.292. The third-order valence-corrected chi connectivity index (χ3v) is 3.99. The number of amides is 1. The Morgan fingerprint density at radius 2 is 1.88 bits per heavy atom. The van der Waals surface area contributed by atoms with Crippen molar-refractivity contribution in [1.82, 2.24) is 9.97 Å². The molecule has 0 aliphatic rings. The van der Waals surface area contributed by atoms with Crippen molar-refractivity contribution in [2.45, 2.75) is 39.0 Å². The van der Waals surface area contributed by atoms with E-state index in [0.717, 1.165) is 0 Å². The van der Waals surface area contributed by atoms with E-state index >= 15 is 0 Å². The molecule has 0 atom stereocenters. The standard InChI is InChI=1S/C24H26F3N3O3/c1-6-7-8-9-17(15-24(25,26)27)19-12-18(14-21(29-19)33-23(2,3)4)16-10-11-28-20(13-16)30-22(31)32-5/h6-14H,1,15H2,2-5H3,(H,28,30,31)/b8-7-,17-9+. The van der Waals surface area contributed by atoms with E-state index < -0.39 is 24.3 Å². The Morgan fingerprint density at radius 3 is 2.48 bits per heavy atom. The summed E-state index contributed by atoms with van der Waals surface area (Å²) in [6.45, 7) is 8.96. The van der Waals surface area contributed by atoms with Gasteiger partial charge in [0.05, 0.1) is 19.2 Å². The highest BCUT2D eigenvalue weighted by Gasteiger charge is 2.30. The van der Waals surface area contributed by atoms with Crippen LogP contribution >= 0.6 is 0 Å². The van der Waals surface area contributed by atoms with Crippen LogP contribution in [0.4, 0.5) is 23.8 Å². The second kappa shape index (κ2) is 10.8. The largest absolute Gasteiger partial charge is 0.472 e. The van der Waals surface area contributed by atoms with E-state index in [-0.39, 0.29) is 23.0 Å². The molecule has 0 radical (unpaired) electrons. The van der Waals surface area contributed by atoms with E-state index in [9.17, 15) is 18.0 Å². The van der Waals surface area contributed by atoms with Crippen molar-refractivity contribution in [2.24, 2.45) is 0 Å². The average Bonchev–Trinajstić information content (AvgIpc) is 2.71. The van der Waals surface area contributed by atoms with Gasteiger partial charge in [0.25, 0.3) is 0 Å². The van der Waals surface area contributed by atoms with Crippen LogP contribution in [-0.2, 0) is 4.74 Å². The van der Waals surface area contributed by atoms with Crippen LogP contribution in [0.2, 0.25) is 0 Å². The number of rotatable bonds is 7. The van der Waals surface area contributed by atoms with Crippen molar-refractivity contribution in [3.05, 3.63) is 67.0 Å². The molecule has 33 heavy (non-hydrogen) atoms. The van der Waals surface area contributed by atoms with Crippen molar-refractivity contribution < 1.29 is 27.4 Å². The molecule has 0 aliphatic carbocycles. The summed E-state index contributed by atoms with van der Waals surface area (Å²) < 4.78 is 50.3. The summed E-state index contributed by atoms with van der Waals surface area (Å²) in [4.78, 5) is 19.9. The number of alkyl halides is 3. The Hall–Kier alpha value is -3.62. The SMILES string of the molecule is C=C/C=C\C=C(/CC(F)(F)F)c1cc(-c2ccnc(NC(=O)OC)c2)cc(OC(C)(C)C)n1. The second-order valence-corrected chi connectivity index (χ2v) is 7.94. The number of methoxy groups -OCH3 is 1. The van der Waals surface area contributed by atoms with Gasteiger partial charge in [-0.2, -0.15) is 13.2 Å². The molecule has 176 valence electrons. The minimum absolute atomic E-state index is 0.0387. The number of nitrogens with zero attached hydrogens (tertiary/aromatic N) is 2. The number of carbonyl (C=O) groups is 1. The van der Waals surface area contributed by atoms with Gasteiger partial charge in [-0.1, -0.05) is 30.9 Å². The predicted octanol–water partition coefficient (Wildman–Crippen LogP) is 6.58. The highest BCUT2D eigenvalue weighted by atomic mass is 19.4. The second-order valence-electron chi connectivity index (χ2n) is 7.94. The van der Waals surface area contributed by atoms with Gasteiger partial charge in [0.1, 0.15) is 11.4 Å². The van der Waals surface area contributed by atoms with Gasteiger partial charge in [0.15, 0.2) is 0 Å². The lowest BCUT2D eigenvalue weighted by atomic mass is 10.0. The molecular weight excluding hydrogens is 435 g/mol. The molecule has 0 bridgehead atoms. The van der Waals surface area contributed by atoms with Crippen LogP contribution in [0, 0.1) is 0 Å². The van der Waals surface area contributed by atoms with E-state index in [1.807, 2.05) is 20.8 Å². The summed E-state index contributed by atoms with van der Waals surface area (Å²) in [6, 6.07) is 6.39. The van der Waals surface area contributed by atoms with Crippen LogP contribution in [0.15, 0.2) is 61.3 Å². The van der Waals surface area contributed by atoms with Crippen LogP contribution in [-0.4, -0.2) is 34.9 Å². The van der Waals surface area contributed by atoms with Gasteiger partial charge >= 0.3 is 12.3 Å². The topological polar surface area (TPSA) is 73.3 Å². The number of halogens is 3. The van der Waals surface area contributed by atoms with Crippen LogP contribution < -0.4 is 10.1 Å². The van der Waals surface area contributed by atoms with Gasteiger partial charge in [-0.05, 0) is 55.7 Å². The zero-order chi connectivity index (χ0) is 24.6. The first-order valence-electron chi connectivity index (χ1n) is 9.98. The first-order chi connectivity index (χ1) is 15.4. The summed E-state index contributed by atoms with van der Waals surface area (Å²) in [7, 11) is 1.22. The molecule has 0 unspecified atom stereocenters. The molecule has 1 N–H and O–H groups in total. The zero-order valence-electron chi connectivity index (χ0n) is 18.9. The lowest BCUT2D eigenvalue weighted by molar-refractivity contribution is -0.123. The van der Waals surface area contributed by atoms with E-state index in [1.165, 1.54) is 43.7 Å². The van der Waals surface area contributed by atoms with Gasteiger partial charge in [-0.25, -0.2) is 14.8 Å². The fourth-order valence-corrected chi connectivity index (χ4v) is 2.74. The van der Waals surface area contributed by atoms with Gasteiger partial charge in [0, 0.05) is 12.3 Å². The smallest absolute Gasteiger partial charge is 0.412 e. The molecule has 0 aliphatic heterocycles. The third kappa shape index (κ3) is 8.80. The number of pyridine rings is 2. The Morgan fingerprint density at radius 1 is 1.15 bits per heavy atom. The predicted molar refractivity (Wildman–Crippen MR) is 122 cm³/mol. The first kappa shape index (κ1) is 25.6. The van der Waals surface area contributed by atoms with Gasteiger partial charge in [-0.3, -0.25) is 5.32 Å². The molecular formula is C24H26F3N3O3. The summed E-state index contributed by atoms with van der Waals surface area (Å²) in [5.41, 5.74) is 0.567. The molecule has 0 aromatic carbocycles. The minimum atomic E-state index is -4.44. The van der Waals surface area contributed by atoms with Crippen molar-refractivity contribution >= 4 is 17.5 Å². The molecule has 0 saturated heterocycles. The molecule has 0 spiro atoms. The number of hydrogen-bond donors (Lipinski definition) is 1. The molecule has 6 nitrogen and oxygen atoms in total. The maximum Gasteiger partial charge on any atom is 0.412 e. The third-order valence-electron chi connectivity index (χ3n) is 3.99. The quantitative estimate of drug-likeness (QED) is 0.472. The average molecular weight is 461 g/mol. The molecule has 0 saturated carbocycles. The van der Waals surface area contributed by atoms with Crippen molar-refractivity contribution in [3.63, 3.8) is 0 Å². The van der Waals surface area contributed by atoms with E-state index in [1.54, 1.807) is 18.2 Å². The number of anilines is 1. The van der Waals surface area contributed by atoms with E-state index in [0.29, 0.717) is 11.1 Å². The van der Waals surface area contributed by atoms with Gasteiger partial charge < -0.3 is 9.47 Å². The van der Waals surface area contributed by atoms with Crippen LogP contribution in [0.5, 0.6) is 5.88 Å². The Kier molecular flexibility index (Phi) is 8.39. The molecule has 2 rings (SSSR count). The zero-order valence-corrected chi connectivity index (χ0v) is 18.9. The first-order valence-corrected chi connectivity index (χ1v) is 9.98. The fourth-order valence-electron chi connectivity index (χ4n) is 2.74. The number of nitrogens with one attached hydrogen (secondary N) is 1. The molecule has 2 heterocycles. The van der Waals surface area contributed by atoms with Crippen molar-refractivity contribution in [1.29, 1.82) is 0 Å². The summed E-state index contributed by atoms with van der Waals surface area (Å²) in [6.07, 6.45) is 0.959. The number of ether oxygens (including phenoxy) is 2. The highest BCUT2D eigenvalue weighted by Crippen LogP contribution is 2.34. The molecule has 0 fully saturated rings. The maximum atomic E-state index is 13.3. The highest BCUT2D eigenvalue weighted by molar-refractivity contribution is 5.84. The summed E-state index contributed by atoms with van der Waals surface area (Å²) in [5.74, 6) is 0.381. The number of aromatic nitrogens is 2. The van der Waals surface area contributed by atoms with Crippen LogP contribution in [0.3, 0.4) is 0 Å². The Bertz CT molecular complexity index is 1050. The summed E-state index contributed by atoms with van der Waals surface area (Å²) in [5, 5.41) is 2.46. The van der Waals surface area contributed by atoms with Gasteiger partial charge in [-0.15, -0.1) is 0 Å². The van der Waals surface area contributed by atoms with Gasteiger partial charge in [0.2, 0.25) is 5.88 Å². The Labute approximate surface area is 190 Å². The van der Waals surface area contributed by atoms with E-state index in [2.05, 4.69) is 26.6 Å². The minimum Gasteiger partial charge on any atom is -0.472 e. The van der Waals surface area contributed by atoms with Crippen molar-refractivity contribution in [2.75, 3.05) is 12.4 Å². The summed E-state index contributed by atoms with van der Waals surface area (Å²) >= 11 is 0. The lowest BCUT2D eigenvalue weighted by Gasteiger charge is -2.22. The normalized spacial score (nSPS) is 12.5. The lowest BCUT2D eigenvalue weighted by Crippen LogP contribution is -2.23. The molecule has 2 aromatic rings. The molecule has 9 heteroatoms. The number of carbonyl (C=O) groups excluding carboxylic acids is 1. The van der Waals surface area contributed by atoms with Crippen LogP contribution in [0.25, 0.3) is 16.7 Å². The number of allylic oxidation sites excluding steroid dienone is 5. The molecule has 1 amide bonds. The van der Waals surface area contributed by atoms with Crippen molar-refractivity contribution in [3.8, 4) is 17.0 Å². The molecule has 2 aromatic heterocycles.